The molecule has 0 aliphatic heterocycles. The molecule has 0 nitrogen and oxygen atoms in total. The van der Waals surface area contributed by atoms with Gasteiger partial charge in [0, 0.05) is 26.2 Å². The van der Waals surface area contributed by atoms with E-state index in [1.807, 2.05) is 0 Å². The van der Waals surface area contributed by atoms with Crippen molar-refractivity contribution in [3.05, 3.63) is 78.4 Å². The summed E-state index contributed by atoms with van der Waals surface area (Å²) in [4.78, 5) is 0. The van der Waals surface area contributed by atoms with E-state index in [2.05, 4.69) is 72.8 Å². The van der Waals surface area contributed by atoms with Gasteiger partial charge in [-0.1, -0.05) is 86.2 Å². The van der Waals surface area contributed by atoms with Gasteiger partial charge in [-0.2, -0.15) is 6.07 Å². The molecule has 27 heavy (non-hydrogen) atoms. The van der Waals surface area contributed by atoms with Gasteiger partial charge in [-0.25, -0.2) is 0 Å². The van der Waals surface area contributed by atoms with Crippen molar-refractivity contribution < 1.29 is 26.2 Å². The summed E-state index contributed by atoms with van der Waals surface area (Å²) in [5.74, 6) is 0.890. The minimum atomic E-state index is 0. The van der Waals surface area contributed by atoms with Crippen LogP contribution in [0.5, 0.6) is 0 Å². The van der Waals surface area contributed by atoms with Gasteiger partial charge < -0.3 is 0 Å². The number of fused-ring (bicyclic) bond motifs is 2. The Morgan fingerprint density at radius 1 is 0.741 bits per heavy atom. The summed E-state index contributed by atoms with van der Waals surface area (Å²) in [6.07, 6.45) is 8.36. The van der Waals surface area contributed by atoms with E-state index in [4.69, 9.17) is 0 Å². The van der Waals surface area contributed by atoms with Crippen molar-refractivity contribution in [2.45, 2.75) is 38.5 Å². The van der Waals surface area contributed by atoms with Crippen LogP contribution in [-0.4, -0.2) is 0 Å². The Kier molecular flexibility index (Phi) is 5.69. The average Bonchev–Trinajstić information content (AvgIpc) is 3.11. The third-order valence-electron chi connectivity index (χ3n) is 6.14. The molecule has 134 valence electrons. The summed E-state index contributed by atoms with van der Waals surface area (Å²) in [6, 6.07) is 27.0. The third kappa shape index (κ3) is 3.72. The molecule has 5 rings (SSSR count). The molecule has 1 heteroatoms. The molecule has 1 fully saturated rings. The molecule has 4 aromatic carbocycles. The topological polar surface area (TPSA) is 0 Å². The zero-order valence-corrected chi connectivity index (χ0v) is 18.2. The molecule has 1 aliphatic rings. The fourth-order valence-corrected chi connectivity index (χ4v) is 4.83. The van der Waals surface area contributed by atoms with Gasteiger partial charge in [-0.15, -0.1) is 34.5 Å². The summed E-state index contributed by atoms with van der Waals surface area (Å²) in [5, 5.41) is 5.46. The zero-order chi connectivity index (χ0) is 17.3. The second-order valence-electron chi connectivity index (χ2n) is 7.91. The maximum absolute atomic E-state index is 2.46. The maximum atomic E-state index is 2.46. The van der Waals surface area contributed by atoms with E-state index in [1.54, 1.807) is 0 Å². The Balaban J connectivity index is 0.00000180. The van der Waals surface area contributed by atoms with Crippen LogP contribution in [0.4, 0.5) is 0 Å². The molecular weight excluding hydrogens is 404 g/mol. The molecule has 0 amide bonds. The molecule has 0 spiro atoms. The van der Waals surface area contributed by atoms with Crippen LogP contribution in [0, 0.1) is 5.92 Å². The van der Waals surface area contributed by atoms with Crippen molar-refractivity contribution in [2.24, 2.45) is 5.92 Å². The molecule has 0 bridgehead atoms. The van der Waals surface area contributed by atoms with Gasteiger partial charge in [0.2, 0.25) is 0 Å². The number of hydrogen-bond donors (Lipinski definition) is 0. The van der Waals surface area contributed by atoms with E-state index >= 15 is 0 Å². The van der Waals surface area contributed by atoms with E-state index in [1.165, 1.54) is 76.8 Å². The van der Waals surface area contributed by atoms with E-state index in [0.717, 1.165) is 5.92 Å². The Hall–Kier alpha value is -1.59. The summed E-state index contributed by atoms with van der Waals surface area (Å²) in [7, 11) is 0. The molecule has 1 aliphatic carbocycles. The van der Waals surface area contributed by atoms with Crippen molar-refractivity contribution in [3.63, 3.8) is 0 Å². The van der Waals surface area contributed by atoms with Gasteiger partial charge in [-0.3, -0.25) is 0 Å². The first-order chi connectivity index (χ1) is 12.9. The van der Waals surface area contributed by atoms with Crippen LogP contribution in [0.25, 0.3) is 32.7 Å². The molecule has 0 saturated heterocycles. The van der Waals surface area contributed by atoms with Crippen LogP contribution >= 0.6 is 0 Å². The number of hydrogen-bond acceptors (Lipinski definition) is 0. The monoisotopic (exact) mass is 427 g/mol. The predicted octanol–water partition coefficient (Wildman–Crippen LogP) is 7.50. The Labute approximate surface area is 181 Å². The van der Waals surface area contributed by atoms with Gasteiger partial charge in [-0.05, 0) is 28.7 Å². The minimum Gasteiger partial charge on any atom is -0.164 e. The first-order valence-electron chi connectivity index (χ1n) is 10.0. The number of benzene rings is 3. The minimum absolute atomic E-state index is 0. The van der Waals surface area contributed by atoms with Gasteiger partial charge in [0.25, 0.3) is 0 Å². The number of rotatable bonds is 3. The normalized spacial score (nSPS) is 15.1. The van der Waals surface area contributed by atoms with Gasteiger partial charge in [0.05, 0.1) is 0 Å². The second-order valence-corrected chi connectivity index (χ2v) is 7.91. The Bertz CT molecular complexity index is 1040. The van der Waals surface area contributed by atoms with Crippen molar-refractivity contribution in [3.8, 4) is 11.1 Å². The summed E-state index contributed by atoms with van der Waals surface area (Å²) < 4.78 is 0. The van der Waals surface area contributed by atoms with Gasteiger partial charge in [0.15, 0.2) is 0 Å². The molecule has 0 heterocycles. The first-order valence-corrected chi connectivity index (χ1v) is 10.0. The maximum Gasteiger partial charge on any atom is 0 e. The second kappa shape index (κ2) is 8.19. The largest absolute Gasteiger partial charge is 0.164 e. The summed E-state index contributed by atoms with van der Waals surface area (Å²) in [5.41, 5.74) is 4.25. The van der Waals surface area contributed by atoms with Crippen LogP contribution in [-0.2, 0) is 32.6 Å². The molecule has 0 N–H and O–H groups in total. The fourth-order valence-electron chi connectivity index (χ4n) is 4.83. The first kappa shape index (κ1) is 18.8. The zero-order valence-electron chi connectivity index (χ0n) is 15.7. The van der Waals surface area contributed by atoms with Crippen LogP contribution < -0.4 is 0 Å². The Morgan fingerprint density at radius 2 is 1.44 bits per heavy atom. The molecule has 4 aromatic rings. The van der Waals surface area contributed by atoms with Crippen molar-refractivity contribution in [2.75, 3.05) is 0 Å². The predicted molar refractivity (Wildman–Crippen MR) is 113 cm³/mol. The third-order valence-corrected chi connectivity index (χ3v) is 6.14. The van der Waals surface area contributed by atoms with E-state index in [9.17, 15) is 0 Å². The van der Waals surface area contributed by atoms with Gasteiger partial charge >= 0.3 is 0 Å². The van der Waals surface area contributed by atoms with E-state index in [0.29, 0.717) is 0 Å². The van der Waals surface area contributed by atoms with Crippen LogP contribution in [0.1, 0.15) is 37.7 Å². The average molecular weight is 429 g/mol. The van der Waals surface area contributed by atoms with Crippen molar-refractivity contribution in [1.29, 1.82) is 0 Å². The SMILES string of the molecule is [Zr].c1ccc2c(-c3cccc4[cH-]c(CC5CCCCC5)cc34)cccc2c1. The molecule has 1 saturated carbocycles. The molecule has 0 aromatic heterocycles. The molecule has 0 unspecified atom stereocenters. The fraction of sp³-hybridized carbons (Fsp3) is 0.269. The standard InChI is InChI=1S/C26H25.Zr/c1-2-8-19(9-3-1)16-20-17-22-12-7-15-25(26(22)18-20)24-14-6-11-21-10-4-5-13-23(21)24;/h4-7,10-15,17-19H,1-3,8-9,16H2;/q-1;. The molecule has 0 atom stereocenters. The smallest absolute Gasteiger partial charge is 0 e. The van der Waals surface area contributed by atoms with Crippen LogP contribution in [0.15, 0.2) is 72.8 Å². The van der Waals surface area contributed by atoms with E-state index in [-0.39, 0.29) is 26.2 Å². The van der Waals surface area contributed by atoms with Gasteiger partial charge in [0.1, 0.15) is 0 Å². The molecular formula is C26H25Zr-. The van der Waals surface area contributed by atoms with Crippen molar-refractivity contribution in [1.82, 2.24) is 0 Å². The van der Waals surface area contributed by atoms with Crippen LogP contribution in [0.2, 0.25) is 0 Å². The van der Waals surface area contributed by atoms with Crippen LogP contribution in [0.3, 0.4) is 0 Å². The van der Waals surface area contributed by atoms with E-state index < -0.39 is 0 Å². The summed E-state index contributed by atoms with van der Waals surface area (Å²) >= 11 is 0. The summed E-state index contributed by atoms with van der Waals surface area (Å²) in [6.45, 7) is 0. The Morgan fingerprint density at radius 3 is 2.30 bits per heavy atom. The quantitative estimate of drug-likeness (QED) is 0.296. The van der Waals surface area contributed by atoms with Crippen molar-refractivity contribution >= 4 is 21.5 Å². The molecule has 0 radical (unpaired) electrons.